The first-order valence-electron chi connectivity index (χ1n) is 14.1. The van der Waals surface area contributed by atoms with Crippen molar-refractivity contribution in [2.75, 3.05) is 46.5 Å². The number of piperidine rings is 1. The lowest BCUT2D eigenvalue weighted by molar-refractivity contribution is -0.0473. The molecule has 0 aromatic heterocycles. The van der Waals surface area contributed by atoms with Crippen LogP contribution in [0, 0.1) is 18.8 Å². The van der Waals surface area contributed by atoms with Gasteiger partial charge in [0.2, 0.25) is 5.92 Å². The number of rotatable bonds is 13. The first-order chi connectivity index (χ1) is 17.8. The number of hydrogen-bond acceptors (Lipinski definition) is 4. The van der Waals surface area contributed by atoms with E-state index in [1.54, 1.807) is 0 Å². The number of hydrogen-bond donors (Lipinski definition) is 2. The van der Waals surface area contributed by atoms with E-state index in [9.17, 15) is 13.6 Å². The molecule has 6 nitrogen and oxygen atoms in total. The summed E-state index contributed by atoms with van der Waals surface area (Å²) in [7, 11) is 1.86. The number of alkyl halides is 2. The van der Waals surface area contributed by atoms with Crippen LogP contribution in [0.3, 0.4) is 0 Å². The lowest BCUT2D eigenvalue weighted by atomic mass is 9.83. The fourth-order valence-electron chi connectivity index (χ4n) is 5.75. The van der Waals surface area contributed by atoms with Gasteiger partial charge < -0.3 is 25.0 Å². The second kappa shape index (κ2) is 15.0. The fraction of sp³-hybridized carbons (Fsp3) is 0.759. The van der Waals surface area contributed by atoms with Gasteiger partial charge in [-0.1, -0.05) is 29.8 Å². The highest BCUT2D eigenvalue weighted by Crippen LogP contribution is 2.38. The van der Waals surface area contributed by atoms with Gasteiger partial charge in [0.1, 0.15) is 0 Å². The maximum atomic E-state index is 13.6. The summed E-state index contributed by atoms with van der Waals surface area (Å²) in [4.78, 5) is 15.2. The van der Waals surface area contributed by atoms with E-state index in [4.69, 9.17) is 9.47 Å². The second-order valence-corrected chi connectivity index (χ2v) is 10.8. The Bertz CT molecular complexity index is 815. The molecule has 1 aromatic rings. The van der Waals surface area contributed by atoms with Crippen LogP contribution in [0.2, 0.25) is 0 Å². The van der Waals surface area contributed by atoms with E-state index in [1.807, 2.05) is 18.9 Å². The van der Waals surface area contributed by atoms with Crippen molar-refractivity contribution in [2.45, 2.75) is 83.3 Å². The zero-order chi connectivity index (χ0) is 26.7. The minimum absolute atomic E-state index is 0.0450. The van der Waals surface area contributed by atoms with Crippen LogP contribution in [0.25, 0.3) is 0 Å². The van der Waals surface area contributed by atoms with Crippen molar-refractivity contribution in [1.82, 2.24) is 15.5 Å². The fourth-order valence-corrected chi connectivity index (χ4v) is 5.75. The lowest BCUT2D eigenvalue weighted by Crippen LogP contribution is -2.52. The molecule has 37 heavy (non-hydrogen) atoms. The van der Waals surface area contributed by atoms with Gasteiger partial charge in [0.15, 0.2) is 0 Å². The molecule has 0 bridgehead atoms. The molecule has 210 valence electrons. The number of benzene rings is 1. The SMILES string of the molecule is CCOCCCO[C@@H](c1cccc(C)c1)[C@@H]1CCCN(C(=O)NC(CNC)CC2CCC(F)(F)CC2)C1. The molecule has 1 aliphatic heterocycles. The molecule has 3 atom stereocenters. The third-order valence-electron chi connectivity index (χ3n) is 7.71. The average Bonchev–Trinajstić information content (AvgIpc) is 2.87. The van der Waals surface area contributed by atoms with Crippen LogP contribution in [0.4, 0.5) is 13.6 Å². The molecule has 2 fully saturated rings. The summed E-state index contributed by atoms with van der Waals surface area (Å²) in [6, 6.07) is 8.32. The number of aryl methyl sites for hydroxylation is 1. The van der Waals surface area contributed by atoms with Crippen molar-refractivity contribution in [3.05, 3.63) is 35.4 Å². The van der Waals surface area contributed by atoms with E-state index >= 15 is 0 Å². The van der Waals surface area contributed by atoms with Gasteiger partial charge in [0.25, 0.3) is 0 Å². The number of likely N-dealkylation sites (N-methyl/N-ethyl adjacent to an activating group) is 1. The van der Waals surface area contributed by atoms with E-state index < -0.39 is 5.92 Å². The molecule has 2 N–H and O–H groups in total. The Labute approximate surface area is 221 Å². The van der Waals surface area contributed by atoms with Crippen LogP contribution in [-0.4, -0.2) is 69.4 Å². The number of nitrogens with one attached hydrogen (secondary N) is 2. The van der Waals surface area contributed by atoms with Crippen molar-refractivity contribution in [3.8, 4) is 0 Å². The van der Waals surface area contributed by atoms with E-state index in [2.05, 4.69) is 41.8 Å². The zero-order valence-corrected chi connectivity index (χ0v) is 22.9. The van der Waals surface area contributed by atoms with Gasteiger partial charge in [-0.2, -0.15) is 0 Å². The van der Waals surface area contributed by atoms with Crippen molar-refractivity contribution in [3.63, 3.8) is 0 Å². The van der Waals surface area contributed by atoms with Crippen LogP contribution >= 0.6 is 0 Å². The molecule has 3 rings (SSSR count). The summed E-state index contributed by atoms with van der Waals surface area (Å²) < 4.78 is 39.1. The predicted molar refractivity (Wildman–Crippen MR) is 143 cm³/mol. The van der Waals surface area contributed by atoms with E-state index in [-0.39, 0.29) is 42.9 Å². The molecule has 2 aliphatic rings. The summed E-state index contributed by atoms with van der Waals surface area (Å²) in [6.07, 6.45) is 4.38. The Balaban J connectivity index is 1.60. The van der Waals surface area contributed by atoms with Gasteiger partial charge in [-0.15, -0.1) is 0 Å². The number of urea groups is 1. The summed E-state index contributed by atoms with van der Waals surface area (Å²) in [5.74, 6) is -2.10. The minimum atomic E-state index is -2.53. The highest BCUT2D eigenvalue weighted by molar-refractivity contribution is 5.74. The molecule has 1 unspecified atom stereocenters. The predicted octanol–water partition coefficient (Wildman–Crippen LogP) is 5.70. The summed E-state index contributed by atoms with van der Waals surface area (Å²) in [5.41, 5.74) is 2.35. The van der Waals surface area contributed by atoms with E-state index in [0.717, 1.165) is 37.8 Å². The Morgan fingerprint density at radius 2 is 2.00 bits per heavy atom. The third kappa shape index (κ3) is 9.80. The molecule has 0 radical (unpaired) electrons. The number of nitrogens with zero attached hydrogens (tertiary/aromatic N) is 1. The van der Waals surface area contributed by atoms with Crippen molar-refractivity contribution in [2.24, 2.45) is 11.8 Å². The summed E-state index contributed by atoms with van der Waals surface area (Å²) >= 11 is 0. The quantitative estimate of drug-likeness (QED) is 0.326. The number of amides is 2. The number of ether oxygens (including phenoxy) is 2. The summed E-state index contributed by atoms with van der Waals surface area (Å²) in [5, 5.41) is 6.37. The highest BCUT2D eigenvalue weighted by atomic mass is 19.3. The molecule has 1 aromatic carbocycles. The first kappa shape index (κ1) is 29.8. The Morgan fingerprint density at radius 3 is 2.70 bits per heavy atom. The van der Waals surface area contributed by atoms with Gasteiger partial charge in [-0.25, -0.2) is 13.6 Å². The summed E-state index contributed by atoms with van der Waals surface area (Å²) in [6.45, 7) is 8.07. The number of halogens is 2. The number of likely N-dealkylation sites (tertiary alicyclic amines) is 1. The van der Waals surface area contributed by atoms with E-state index in [0.29, 0.717) is 45.8 Å². The molecule has 1 saturated carbocycles. The van der Waals surface area contributed by atoms with E-state index in [1.165, 1.54) is 5.56 Å². The number of carbonyl (C=O) groups is 1. The normalized spacial score (nSPS) is 22.0. The van der Waals surface area contributed by atoms with Crippen LogP contribution < -0.4 is 10.6 Å². The highest BCUT2D eigenvalue weighted by Gasteiger charge is 2.36. The Hall–Kier alpha value is -1.77. The molecular formula is C29H47F2N3O3. The molecule has 1 aliphatic carbocycles. The third-order valence-corrected chi connectivity index (χ3v) is 7.71. The van der Waals surface area contributed by atoms with Crippen molar-refractivity contribution < 1.29 is 23.0 Å². The zero-order valence-electron chi connectivity index (χ0n) is 22.9. The largest absolute Gasteiger partial charge is 0.382 e. The standard InChI is InChI=1S/C29H47F2N3O3/c1-4-36-16-7-17-37-27(24-9-5-8-22(2)18-24)25-10-6-15-34(21-25)28(35)33-26(20-32-3)19-23-11-13-29(30,31)14-12-23/h5,8-9,18,23,25-27,32H,4,6-7,10-17,19-21H2,1-3H3,(H,33,35)/t25-,26?,27+/m1/s1. The van der Waals surface area contributed by atoms with Crippen molar-refractivity contribution >= 4 is 6.03 Å². The molecule has 8 heteroatoms. The van der Waals surface area contributed by atoms with Gasteiger partial charge in [0, 0.05) is 64.3 Å². The number of carbonyl (C=O) groups excluding carboxylic acids is 1. The molecule has 1 saturated heterocycles. The second-order valence-electron chi connectivity index (χ2n) is 10.8. The minimum Gasteiger partial charge on any atom is -0.382 e. The first-order valence-corrected chi connectivity index (χ1v) is 14.1. The van der Waals surface area contributed by atoms with Crippen LogP contribution in [-0.2, 0) is 9.47 Å². The molecular weight excluding hydrogens is 476 g/mol. The maximum Gasteiger partial charge on any atom is 0.317 e. The Kier molecular flexibility index (Phi) is 12.1. The average molecular weight is 524 g/mol. The van der Waals surface area contributed by atoms with Gasteiger partial charge in [0.05, 0.1) is 6.10 Å². The maximum absolute atomic E-state index is 13.6. The lowest BCUT2D eigenvalue weighted by Gasteiger charge is -2.38. The van der Waals surface area contributed by atoms with Crippen LogP contribution in [0.5, 0.6) is 0 Å². The molecule has 1 heterocycles. The van der Waals surface area contributed by atoms with Crippen molar-refractivity contribution in [1.29, 1.82) is 0 Å². The van der Waals surface area contributed by atoms with Gasteiger partial charge >= 0.3 is 6.03 Å². The Morgan fingerprint density at radius 1 is 1.22 bits per heavy atom. The van der Waals surface area contributed by atoms with Gasteiger partial charge in [-0.3, -0.25) is 0 Å². The van der Waals surface area contributed by atoms with Gasteiger partial charge in [-0.05, 0) is 70.9 Å². The topological polar surface area (TPSA) is 62.8 Å². The van der Waals surface area contributed by atoms with Crippen LogP contribution in [0.15, 0.2) is 24.3 Å². The molecule has 0 spiro atoms. The molecule has 2 amide bonds. The van der Waals surface area contributed by atoms with Crippen LogP contribution in [0.1, 0.15) is 75.5 Å². The smallest absolute Gasteiger partial charge is 0.317 e. The monoisotopic (exact) mass is 523 g/mol.